The van der Waals surface area contributed by atoms with E-state index in [1.807, 2.05) is 47.6 Å². The van der Waals surface area contributed by atoms with E-state index in [0.717, 1.165) is 141 Å². The molecule has 0 radical (unpaired) electrons. The van der Waals surface area contributed by atoms with Crippen LogP contribution in [0.25, 0.3) is 22.3 Å². The molecule has 0 spiro atoms. The van der Waals surface area contributed by atoms with Crippen molar-refractivity contribution in [3.05, 3.63) is 54.3 Å². The second-order valence-corrected chi connectivity index (χ2v) is 31.7. The zero-order valence-corrected chi connectivity index (χ0v) is 67.3. The van der Waals surface area contributed by atoms with Crippen molar-refractivity contribution in [2.45, 2.75) is 220 Å². The Morgan fingerprint density at radius 2 is 0.774 bits per heavy atom. The fourth-order valence-corrected chi connectivity index (χ4v) is 15.0. The predicted octanol–water partition coefficient (Wildman–Crippen LogP) is 13.0. The highest BCUT2D eigenvalue weighted by Gasteiger charge is 2.32. The number of Topliss-reactive ketones (excluding diaryl/α,β-unsaturated/α-hetero) is 3. The number of carbonyl (C=O) groups is 6. The molecule has 2 amide bonds. The molecular formula is C79H130Cl3N15O9. The molecule has 596 valence electrons. The maximum atomic E-state index is 12.6. The molecule has 4 aromatic rings. The van der Waals surface area contributed by atoms with Crippen molar-refractivity contribution in [1.29, 1.82) is 0 Å². The highest BCUT2D eigenvalue weighted by Crippen LogP contribution is 2.30. The van der Waals surface area contributed by atoms with Crippen molar-refractivity contribution in [2.24, 2.45) is 29.4 Å². The van der Waals surface area contributed by atoms with E-state index in [0.29, 0.717) is 90.5 Å². The first kappa shape index (κ1) is 91.0. The van der Waals surface area contributed by atoms with E-state index in [1.54, 1.807) is 53.0 Å². The lowest BCUT2D eigenvalue weighted by atomic mass is 9.90. The number of nitrogens with two attached hydrogens (primary N) is 1. The number of anilines is 1. The average Bonchev–Trinajstić information content (AvgIpc) is 0.806. The van der Waals surface area contributed by atoms with Crippen LogP contribution in [0.15, 0.2) is 49.3 Å². The largest absolute Gasteiger partial charge is 0.481 e. The van der Waals surface area contributed by atoms with Crippen LogP contribution in [0.4, 0.5) is 15.3 Å². The van der Waals surface area contributed by atoms with E-state index in [1.165, 1.54) is 129 Å². The summed E-state index contributed by atoms with van der Waals surface area (Å²) in [6, 6.07) is 3.70. The van der Waals surface area contributed by atoms with Gasteiger partial charge >= 0.3 is 18.2 Å². The number of carbonyl (C=O) groups excluding carboxylic acids is 5. The molecule has 8 saturated heterocycles. The molecule has 0 atom stereocenters. The summed E-state index contributed by atoms with van der Waals surface area (Å²) >= 11 is 5.81. The summed E-state index contributed by atoms with van der Waals surface area (Å²) < 4.78 is 10.6. The molecule has 12 heterocycles. The number of nitrogens with one attached hydrogen (secondary N) is 1. The Hall–Kier alpha value is -5.57. The van der Waals surface area contributed by atoms with Crippen molar-refractivity contribution >= 4 is 99.9 Å². The summed E-state index contributed by atoms with van der Waals surface area (Å²) in [4.78, 5) is 112. The van der Waals surface area contributed by atoms with Crippen molar-refractivity contribution < 1.29 is 43.3 Å². The zero-order valence-electron chi connectivity index (χ0n) is 65.0. The van der Waals surface area contributed by atoms with E-state index in [9.17, 15) is 28.8 Å². The quantitative estimate of drug-likeness (QED) is 0.0786. The van der Waals surface area contributed by atoms with E-state index in [-0.39, 0.29) is 54.8 Å². The standard InChI is InChI=1S/C21H29N5O.C19H34N2O3.C14H26N2O.C11H19NO4.C7H4ClN3.C7H16N2.2ClH/c27-19(5-4-14-25-12-2-1-3-13-25)17-7-15-26(16-8-17)18-6-9-23-21-20(18)22-10-11-24-21;1-19(2,3)24-18(23)21-14-9-16(10-15-21)17(22)8-7-13-20-11-5-4-6-12-20;17-14(13-6-8-15-9-7-13)5-4-12-16-10-2-1-3-11-16;1-11(2,3)16-10(15)12-6-4-8(5-7-12)9(13)14;8-5-1-2-10-7-6(5)9-3-4-11-7;8-4-7-9-5-2-1-3-6-9;;/h6,9-11,17H,1-5,7-8,12-16H2;16H,4-15H2,1-3H3;13,15H,1-12H2;8H,4-7H2,1-3H3,(H,13,14);1-4H;1-8H2;2*1H. The van der Waals surface area contributed by atoms with Crippen LogP contribution in [-0.4, -0.2) is 249 Å². The number of fused-ring (bicyclic) bond motifs is 2. The number of piperidine rings is 8. The van der Waals surface area contributed by atoms with Gasteiger partial charge in [0.05, 0.1) is 16.6 Å². The average molecular weight is 1540 g/mol. The van der Waals surface area contributed by atoms with Gasteiger partial charge < -0.3 is 59.9 Å². The van der Waals surface area contributed by atoms with E-state index >= 15 is 0 Å². The summed E-state index contributed by atoms with van der Waals surface area (Å²) in [5, 5.41) is 12.7. The number of hydrogen-bond acceptors (Lipinski definition) is 21. The number of halogens is 3. The monoisotopic (exact) mass is 1540 g/mol. The fraction of sp³-hybridized carbons (Fsp3) is 0.747. The third-order valence-electron chi connectivity index (χ3n) is 20.8. The van der Waals surface area contributed by atoms with Crippen LogP contribution in [0.5, 0.6) is 0 Å². The van der Waals surface area contributed by atoms with Crippen LogP contribution in [0.2, 0.25) is 5.02 Å². The molecule has 4 aromatic heterocycles. The minimum absolute atomic E-state index is 0. The molecule has 8 fully saturated rings. The smallest absolute Gasteiger partial charge is 0.410 e. The van der Waals surface area contributed by atoms with Gasteiger partial charge in [-0.15, -0.1) is 24.8 Å². The van der Waals surface area contributed by atoms with Crippen molar-refractivity contribution in [1.82, 2.24) is 64.6 Å². The van der Waals surface area contributed by atoms with Crippen LogP contribution in [0, 0.1) is 23.7 Å². The van der Waals surface area contributed by atoms with Gasteiger partial charge in [0, 0.05) is 127 Å². The third-order valence-corrected chi connectivity index (χ3v) is 21.1. The third kappa shape index (κ3) is 34.1. The first-order valence-electron chi connectivity index (χ1n) is 39.7. The van der Waals surface area contributed by atoms with Crippen LogP contribution >= 0.6 is 36.4 Å². The number of pyridine rings is 2. The molecule has 27 heteroatoms. The summed E-state index contributed by atoms with van der Waals surface area (Å²) in [6.45, 7) is 32.2. The Morgan fingerprint density at radius 3 is 1.15 bits per heavy atom. The molecule has 0 saturated carbocycles. The second kappa shape index (κ2) is 49.6. The van der Waals surface area contributed by atoms with Gasteiger partial charge in [-0.25, -0.2) is 39.5 Å². The van der Waals surface area contributed by atoms with E-state index in [2.05, 4.69) is 59.7 Å². The minimum Gasteiger partial charge on any atom is -0.481 e. The maximum Gasteiger partial charge on any atom is 0.410 e. The van der Waals surface area contributed by atoms with Crippen molar-refractivity contribution in [3.63, 3.8) is 0 Å². The molecular weight excluding hydrogens is 1410 g/mol. The van der Waals surface area contributed by atoms with Crippen molar-refractivity contribution in [3.8, 4) is 0 Å². The molecule has 0 bridgehead atoms. The summed E-state index contributed by atoms with van der Waals surface area (Å²) in [5.41, 5.74) is 8.32. The predicted molar refractivity (Wildman–Crippen MR) is 426 cm³/mol. The number of rotatable bonds is 19. The van der Waals surface area contributed by atoms with Gasteiger partial charge in [0.25, 0.3) is 0 Å². The number of carboxylic acids is 1. The van der Waals surface area contributed by atoms with Gasteiger partial charge in [0.1, 0.15) is 39.6 Å². The molecule has 8 aliphatic heterocycles. The molecule has 106 heavy (non-hydrogen) atoms. The van der Waals surface area contributed by atoms with Crippen LogP contribution < -0.4 is 16.0 Å². The molecule has 24 nitrogen and oxygen atoms in total. The van der Waals surface area contributed by atoms with Crippen LogP contribution in [-0.2, 0) is 28.7 Å². The van der Waals surface area contributed by atoms with Gasteiger partial charge in [0.2, 0.25) is 0 Å². The Kier molecular flexibility index (Phi) is 42.6. The van der Waals surface area contributed by atoms with Crippen molar-refractivity contribution in [2.75, 3.05) is 142 Å². The number of aliphatic carboxylic acids is 1. The lowest BCUT2D eigenvalue weighted by Gasteiger charge is -2.33. The van der Waals surface area contributed by atoms with Gasteiger partial charge in [-0.2, -0.15) is 0 Å². The number of amides is 2. The number of aromatic nitrogens is 6. The zero-order chi connectivity index (χ0) is 74.5. The summed E-state index contributed by atoms with van der Waals surface area (Å²) in [7, 11) is 0. The van der Waals surface area contributed by atoms with Crippen LogP contribution in [0.3, 0.4) is 0 Å². The highest BCUT2D eigenvalue weighted by molar-refractivity contribution is 6.34. The molecule has 12 rings (SSSR count). The molecule has 0 aliphatic carbocycles. The topological polar surface area (TPSA) is 279 Å². The first-order chi connectivity index (χ1) is 50.1. The normalized spacial score (nSPS) is 19.2. The number of ether oxygens (including phenoxy) is 2. The Bertz CT molecular complexity index is 3160. The lowest BCUT2D eigenvalue weighted by Crippen LogP contribution is -2.43. The summed E-state index contributed by atoms with van der Waals surface area (Å²) in [5.74, 6) is 0.984. The summed E-state index contributed by atoms with van der Waals surface area (Å²) in [6.07, 6.45) is 37.5. The first-order valence-corrected chi connectivity index (χ1v) is 40.1. The van der Waals surface area contributed by atoms with Crippen LogP contribution in [0.1, 0.15) is 208 Å². The number of hydrogen-bond donors (Lipinski definition) is 3. The Balaban J connectivity index is 0.000000235. The van der Waals surface area contributed by atoms with Gasteiger partial charge in [-0.05, 0) is 261 Å². The second-order valence-electron chi connectivity index (χ2n) is 31.3. The Labute approximate surface area is 650 Å². The SMILES string of the molecule is CC(C)(C)OC(=O)N1CCC(C(=O)CCCN2CCCCC2)CC1.CC(C)(C)OC(=O)N1CCC(C(=O)O)CC1.Cl.Cl.Clc1ccnc2nccnc12.NCCN1CCCCC1.O=C(CCCN1CCCCC1)C1CCN(c2ccnc3nccnc23)CC1.O=C(CCCN1CCCCC1)C1CCNCC1. The number of nitrogens with zero attached hydrogens (tertiary/aromatic N) is 13. The fourth-order valence-electron chi connectivity index (χ4n) is 14.9. The molecule has 0 unspecified atom stereocenters. The minimum atomic E-state index is -0.774. The van der Waals surface area contributed by atoms with E-state index < -0.39 is 17.2 Å². The number of carboxylic acid groups (broad SMARTS) is 1. The highest BCUT2D eigenvalue weighted by atomic mass is 35.5. The molecule has 0 aromatic carbocycles. The van der Waals surface area contributed by atoms with E-state index in [4.69, 9.17) is 31.9 Å². The number of likely N-dealkylation sites (tertiary alicyclic amines) is 6. The lowest BCUT2D eigenvalue weighted by molar-refractivity contribution is -0.143. The van der Waals surface area contributed by atoms with Gasteiger partial charge in [-0.3, -0.25) is 19.2 Å². The molecule has 4 N–H and O–H groups in total. The van der Waals surface area contributed by atoms with Gasteiger partial charge in [0.15, 0.2) is 11.3 Å². The Morgan fingerprint density at radius 1 is 0.443 bits per heavy atom. The maximum absolute atomic E-state index is 12.6. The van der Waals surface area contributed by atoms with Gasteiger partial charge in [-0.1, -0.05) is 37.3 Å². The molecule has 8 aliphatic rings. The number of ketones is 3.